The van der Waals surface area contributed by atoms with Gasteiger partial charge in [-0.2, -0.15) is 0 Å². The molecule has 3 heteroatoms. The van der Waals surface area contributed by atoms with Gasteiger partial charge in [0.25, 0.3) is 5.91 Å². The summed E-state index contributed by atoms with van der Waals surface area (Å²) in [5.74, 6) is -0.146. The van der Waals surface area contributed by atoms with Gasteiger partial charge < -0.3 is 5.32 Å². The standard InChI is InChI=1S/C15H14ClNO/c1-11-6-5-9-13(14(11)16)15(18)17-10-12-7-3-2-4-8-12/h2-9H,10H2,1H3,(H,17,18). The molecule has 2 aromatic rings. The zero-order chi connectivity index (χ0) is 13.0. The monoisotopic (exact) mass is 259 g/mol. The molecule has 0 saturated heterocycles. The molecule has 1 amide bonds. The number of nitrogens with one attached hydrogen (secondary N) is 1. The molecule has 0 aromatic heterocycles. The molecule has 2 nitrogen and oxygen atoms in total. The molecule has 0 saturated carbocycles. The SMILES string of the molecule is Cc1cccc(C(=O)NCc2ccccc2)c1Cl. The first-order valence-electron chi connectivity index (χ1n) is 5.75. The number of benzene rings is 2. The molecule has 92 valence electrons. The lowest BCUT2D eigenvalue weighted by atomic mass is 10.1. The fourth-order valence-corrected chi connectivity index (χ4v) is 1.91. The van der Waals surface area contributed by atoms with Crippen LogP contribution in [0.5, 0.6) is 0 Å². The normalized spacial score (nSPS) is 10.1. The third kappa shape index (κ3) is 2.90. The summed E-state index contributed by atoms with van der Waals surface area (Å²) in [4.78, 5) is 12.0. The van der Waals surface area contributed by atoms with E-state index in [0.29, 0.717) is 17.1 Å². The summed E-state index contributed by atoms with van der Waals surface area (Å²) >= 11 is 6.11. The molecule has 18 heavy (non-hydrogen) atoms. The molecule has 0 bridgehead atoms. The fraction of sp³-hybridized carbons (Fsp3) is 0.133. The quantitative estimate of drug-likeness (QED) is 0.897. The molecule has 0 aliphatic rings. The van der Waals surface area contributed by atoms with Crippen molar-refractivity contribution in [2.45, 2.75) is 13.5 Å². The van der Waals surface area contributed by atoms with Crippen LogP contribution in [0.1, 0.15) is 21.5 Å². The number of aryl methyl sites for hydroxylation is 1. The van der Waals surface area contributed by atoms with E-state index in [2.05, 4.69) is 5.32 Å². The number of amides is 1. The molecule has 0 atom stereocenters. The molecule has 1 N–H and O–H groups in total. The van der Waals surface area contributed by atoms with Crippen molar-refractivity contribution in [3.05, 3.63) is 70.2 Å². The molecule has 0 aliphatic heterocycles. The first kappa shape index (κ1) is 12.7. The van der Waals surface area contributed by atoms with E-state index in [1.165, 1.54) is 0 Å². The van der Waals surface area contributed by atoms with E-state index in [1.807, 2.05) is 49.4 Å². The van der Waals surface area contributed by atoms with Gasteiger partial charge in [-0.05, 0) is 24.1 Å². The highest BCUT2D eigenvalue weighted by Crippen LogP contribution is 2.20. The van der Waals surface area contributed by atoms with Crippen LogP contribution in [0.15, 0.2) is 48.5 Å². The Labute approximate surface area is 112 Å². The highest BCUT2D eigenvalue weighted by molar-refractivity contribution is 6.34. The Hall–Kier alpha value is -1.80. The maximum absolute atomic E-state index is 12.0. The van der Waals surface area contributed by atoms with Crippen LogP contribution in [0.25, 0.3) is 0 Å². The Morgan fingerprint density at radius 3 is 2.56 bits per heavy atom. The number of hydrogen-bond acceptors (Lipinski definition) is 1. The highest BCUT2D eigenvalue weighted by Gasteiger charge is 2.10. The second-order valence-corrected chi connectivity index (χ2v) is 4.48. The summed E-state index contributed by atoms with van der Waals surface area (Å²) in [6, 6.07) is 15.2. The Morgan fingerprint density at radius 2 is 1.83 bits per heavy atom. The van der Waals surface area contributed by atoms with E-state index in [0.717, 1.165) is 11.1 Å². The smallest absolute Gasteiger partial charge is 0.253 e. The number of halogens is 1. The zero-order valence-electron chi connectivity index (χ0n) is 10.1. The molecular formula is C15H14ClNO. The van der Waals surface area contributed by atoms with Crippen molar-refractivity contribution in [3.8, 4) is 0 Å². The van der Waals surface area contributed by atoms with Gasteiger partial charge in [-0.3, -0.25) is 4.79 Å². The first-order chi connectivity index (χ1) is 8.68. The van der Waals surface area contributed by atoms with Gasteiger partial charge in [0, 0.05) is 6.54 Å². The molecule has 0 radical (unpaired) electrons. The summed E-state index contributed by atoms with van der Waals surface area (Å²) < 4.78 is 0. The van der Waals surface area contributed by atoms with Crippen LogP contribution >= 0.6 is 11.6 Å². The van der Waals surface area contributed by atoms with Crippen LogP contribution in [0, 0.1) is 6.92 Å². The van der Waals surface area contributed by atoms with Crippen molar-refractivity contribution in [1.29, 1.82) is 0 Å². The van der Waals surface area contributed by atoms with Gasteiger partial charge in [0.15, 0.2) is 0 Å². The summed E-state index contributed by atoms with van der Waals surface area (Å²) in [6.45, 7) is 2.39. The molecular weight excluding hydrogens is 246 g/mol. The van der Waals surface area contributed by atoms with E-state index < -0.39 is 0 Å². The number of rotatable bonds is 3. The van der Waals surface area contributed by atoms with Crippen LogP contribution < -0.4 is 5.32 Å². The number of hydrogen-bond donors (Lipinski definition) is 1. The Balaban J connectivity index is 2.07. The van der Waals surface area contributed by atoms with Gasteiger partial charge >= 0.3 is 0 Å². The Kier molecular flexibility index (Phi) is 4.00. The summed E-state index contributed by atoms with van der Waals surface area (Å²) in [5, 5.41) is 3.38. The maximum atomic E-state index is 12.0. The van der Waals surface area contributed by atoms with Crippen LogP contribution in [0.4, 0.5) is 0 Å². The molecule has 0 heterocycles. The highest BCUT2D eigenvalue weighted by atomic mass is 35.5. The molecule has 0 aliphatic carbocycles. The van der Waals surface area contributed by atoms with E-state index in [9.17, 15) is 4.79 Å². The van der Waals surface area contributed by atoms with Crippen molar-refractivity contribution < 1.29 is 4.79 Å². The number of carbonyl (C=O) groups excluding carboxylic acids is 1. The van der Waals surface area contributed by atoms with Crippen LogP contribution in [-0.2, 0) is 6.54 Å². The van der Waals surface area contributed by atoms with Gasteiger partial charge in [-0.25, -0.2) is 0 Å². The lowest BCUT2D eigenvalue weighted by Gasteiger charge is -2.08. The fourth-order valence-electron chi connectivity index (χ4n) is 1.70. The largest absolute Gasteiger partial charge is 0.348 e. The molecule has 2 rings (SSSR count). The van der Waals surface area contributed by atoms with E-state index in [1.54, 1.807) is 6.07 Å². The average Bonchev–Trinajstić information content (AvgIpc) is 2.40. The van der Waals surface area contributed by atoms with Crippen molar-refractivity contribution in [3.63, 3.8) is 0 Å². The second kappa shape index (κ2) is 5.69. The number of carbonyl (C=O) groups is 1. The minimum absolute atomic E-state index is 0.146. The zero-order valence-corrected chi connectivity index (χ0v) is 10.9. The van der Waals surface area contributed by atoms with Crippen LogP contribution in [0.2, 0.25) is 5.02 Å². The van der Waals surface area contributed by atoms with E-state index in [-0.39, 0.29) is 5.91 Å². The topological polar surface area (TPSA) is 29.1 Å². The van der Waals surface area contributed by atoms with Gasteiger partial charge in [0.05, 0.1) is 10.6 Å². The predicted molar refractivity (Wildman–Crippen MR) is 73.8 cm³/mol. The van der Waals surface area contributed by atoms with Crippen molar-refractivity contribution in [2.75, 3.05) is 0 Å². The van der Waals surface area contributed by atoms with Gasteiger partial charge in [-0.15, -0.1) is 0 Å². The van der Waals surface area contributed by atoms with Crippen LogP contribution in [0.3, 0.4) is 0 Å². The lowest BCUT2D eigenvalue weighted by Crippen LogP contribution is -2.23. The van der Waals surface area contributed by atoms with E-state index in [4.69, 9.17) is 11.6 Å². The predicted octanol–water partition coefficient (Wildman–Crippen LogP) is 3.58. The third-order valence-corrected chi connectivity index (χ3v) is 3.23. The third-order valence-electron chi connectivity index (χ3n) is 2.73. The summed E-state index contributed by atoms with van der Waals surface area (Å²) in [5.41, 5.74) is 2.49. The van der Waals surface area contributed by atoms with E-state index >= 15 is 0 Å². The van der Waals surface area contributed by atoms with Crippen LogP contribution in [-0.4, -0.2) is 5.91 Å². The minimum atomic E-state index is -0.146. The van der Waals surface area contributed by atoms with Gasteiger partial charge in [0.1, 0.15) is 0 Å². The maximum Gasteiger partial charge on any atom is 0.253 e. The molecule has 2 aromatic carbocycles. The minimum Gasteiger partial charge on any atom is -0.348 e. The van der Waals surface area contributed by atoms with Crippen molar-refractivity contribution >= 4 is 17.5 Å². The molecule has 0 fully saturated rings. The average molecular weight is 260 g/mol. The summed E-state index contributed by atoms with van der Waals surface area (Å²) in [6.07, 6.45) is 0. The van der Waals surface area contributed by atoms with Gasteiger partial charge in [0.2, 0.25) is 0 Å². The lowest BCUT2D eigenvalue weighted by molar-refractivity contribution is 0.0951. The van der Waals surface area contributed by atoms with Crippen molar-refractivity contribution in [2.24, 2.45) is 0 Å². The molecule has 0 unspecified atom stereocenters. The second-order valence-electron chi connectivity index (χ2n) is 4.10. The molecule has 0 spiro atoms. The van der Waals surface area contributed by atoms with Crippen molar-refractivity contribution in [1.82, 2.24) is 5.32 Å². The first-order valence-corrected chi connectivity index (χ1v) is 6.13. The van der Waals surface area contributed by atoms with Gasteiger partial charge in [-0.1, -0.05) is 54.1 Å². The summed E-state index contributed by atoms with van der Waals surface area (Å²) in [7, 11) is 0. The Morgan fingerprint density at radius 1 is 1.11 bits per heavy atom. The Bertz CT molecular complexity index is 552.